The molecule has 3 N–H and O–H groups in total. The van der Waals surface area contributed by atoms with Gasteiger partial charge in [-0.25, -0.2) is 0 Å². The van der Waals surface area contributed by atoms with Crippen molar-refractivity contribution in [2.45, 2.75) is 19.8 Å². The van der Waals surface area contributed by atoms with E-state index in [9.17, 15) is 14.4 Å². The van der Waals surface area contributed by atoms with E-state index >= 15 is 0 Å². The van der Waals surface area contributed by atoms with Crippen molar-refractivity contribution in [2.24, 2.45) is 0 Å². The van der Waals surface area contributed by atoms with E-state index in [1.165, 1.54) is 0 Å². The van der Waals surface area contributed by atoms with Crippen molar-refractivity contribution in [2.75, 3.05) is 18.9 Å². The SMILES string of the molecule is CNC(=O)c1cccc(NC(=O)CCNC(=O)Cc2ccccc2)c1C. The summed E-state index contributed by atoms with van der Waals surface area (Å²) in [4.78, 5) is 35.8. The molecule has 6 nitrogen and oxygen atoms in total. The highest BCUT2D eigenvalue weighted by Gasteiger charge is 2.12. The number of carbonyl (C=O) groups excluding carboxylic acids is 3. The molecule has 0 radical (unpaired) electrons. The van der Waals surface area contributed by atoms with Gasteiger partial charge in [0.05, 0.1) is 6.42 Å². The van der Waals surface area contributed by atoms with Crippen molar-refractivity contribution in [3.05, 3.63) is 65.2 Å². The number of hydrogen-bond donors (Lipinski definition) is 3. The van der Waals surface area contributed by atoms with Crippen LogP contribution in [-0.2, 0) is 16.0 Å². The van der Waals surface area contributed by atoms with Gasteiger partial charge in [-0.2, -0.15) is 0 Å². The first-order chi connectivity index (χ1) is 12.5. The third-order valence-corrected chi connectivity index (χ3v) is 3.96. The van der Waals surface area contributed by atoms with Gasteiger partial charge in [0.25, 0.3) is 5.91 Å². The maximum atomic E-state index is 12.1. The number of benzene rings is 2. The smallest absolute Gasteiger partial charge is 0.251 e. The third-order valence-electron chi connectivity index (χ3n) is 3.96. The van der Waals surface area contributed by atoms with Gasteiger partial charge in [-0.1, -0.05) is 36.4 Å². The summed E-state index contributed by atoms with van der Waals surface area (Å²) >= 11 is 0. The molecule has 6 heteroatoms. The fourth-order valence-electron chi connectivity index (χ4n) is 2.52. The second kappa shape index (κ2) is 9.36. The number of rotatable bonds is 7. The lowest BCUT2D eigenvalue weighted by molar-refractivity contribution is -0.120. The lowest BCUT2D eigenvalue weighted by Gasteiger charge is -2.12. The zero-order chi connectivity index (χ0) is 18.9. The monoisotopic (exact) mass is 353 g/mol. The molecule has 0 spiro atoms. The van der Waals surface area contributed by atoms with Crippen molar-refractivity contribution in [1.82, 2.24) is 10.6 Å². The Bertz CT molecular complexity index is 788. The molecule has 0 heterocycles. The van der Waals surface area contributed by atoms with Crippen LogP contribution in [0.4, 0.5) is 5.69 Å². The Hall–Kier alpha value is -3.15. The van der Waals surface area contributed by atoms with Crippen LogP contribution >= 0.6 is 0 Å². The van der Waals surface area contributed by atoms with E-state index in [1.54, 1.807) is 32.2 Å². The summed E-state index contributed by atoms with van der Waals surface area (Å²) < 4.78 is 0. The number of carbonyl (C=O) groups is 3. The molecule has 0 atom stereocenters. The van der Waals surface area contributed by atoms with E-state index < -0.39 is 0 Å². The second-order valence-electron chi connectivity index (χ2n) is 5.87. The topological polar surface area (TPSA) is 87.3 Å². The predicted octanol–water partition coefficient (Wildman–Crippen LogP) is 2.04. The molecular weight excluding hydrogens is 330 g/mol. The molecule has 0 aliphatic heterocycles. The highest BCUT2D eigenvalue weighted by atomic mass is 16.2. The Labute approximate surface area is 153 Å². The standard InChI is InChI=1S/C20H23N3O3/c1-14-16(20(26)21-2)9-6-10-17(14)23-18(24)11-12-22-19(25)13-15-7-4-3-5-8-15/h3-10H,11-13H2,1-2H3,(H,21,26)(H,22,25)(H,23,24). The minimum Gasteiger partial charge on any atom is -0.355 e. The van der Waals surface area contributed by atoms with Crippen molar-refractivity contribution >= 4 is 23.4 Å². The van der Waals surface area contributed by atoms with Gasteiger partial charge in [-0.3, -0.25) is 14.4 Å². The number of anilines is 1. The maximum Gasteiger partial charge on any atom is 0.251 e. The first kappa shape index (κ1) is 19.2. The van der Waals surface area contributed by atoms with Crippen LogP contribution in [-0.4, -0.2) is 31.3 Å². The van der Waals surface area contributed by atoms with E-state index in [4.69, 9.17) is 0 Å². The molecule has 3 amide bonds. The number of amides is 3. The second-order valence-corrected chi connectivity index (χ2v) is 5.87. The predicted molar refractivity (Wildman–Crippen MR) is 101 cm³/mol. The molecule has 2 rings (SSSR count). The summed E-state index contributed by atoms with van der Waals surface area (Å²) in [6.07, 6.45) is 0.444. The van der Waals surface area contributed by atoms with Crippen LogP contribution in [0.15, 0.2) is 48.5 Å². The molecule has 0 bridgehead atoms. The number of hydrogen-bond acceptors (Lipinski definition) is 3. The van der Waals surface area contributed by atoms with Crippen LogP contribution in [0.25, 0.3) is 0 Å². The third kappa shape index (κ3) is 5.44. The average Bonchev–Trinajstić information content (AvgIpc) is 2.63. The van der Waals surface area contributed by atoms with Crippen LogP contribution in [0, 0.1) is 6.92 Å². The minimum absolute atomic E-state index is 0.123. The van der Waals surface area contributed by atoms with Crippen LogP contribution in [0.3, 0.4) is 0 Å². The molecule has 0 aliphatic rings. The van der Waals surface area contributed by atoms with Gasteiger partial charge in [0, 0.05) is 31.3 Å². The Kier molecular flexibility index (Phi) is 6.91. The van der Waals surface area contributed by atoms with Crippen molar-refractivity contribution in [3.8, 4) is 0 Å². The summed E-state index contributed by atoms with van der Waals surface area (Å²) in [6.45, 7) is 2.04. The quantitative estimate of drug-likeness (QED) is 0.712. The fourth-order valence-corrected chi connectivity index (χ4v) is 2.52. The van der Waals surface area contributed by atoms with Gasteiger partial charge in [0.15, 0.2) is 0 Å². The Morgan fingerprint density at radius 1 is 0.923 bits per heavy atom. The van der Waals surface area contributed by atoms with Gasteiger partial charge >= 0.3 is 0 Å². The molecule has 0 fully saturated rings. The lowest BCUT2D eigenvalue weighted by atomic mass is 10.1. The van der Waals surface area contributed by atoms with Crippen molar-refractivity contribution < 1.29 is 14.4 Å². The number of nitrogens with one attached hydrogen (secondary N) is 3. The van der Waals surface area contributed by atoms with E-state index in [0.717, 1.165) is 5.56 Å². The van der Waals surface area contributed by atoms with Crippen LogP contribution in [0.5, 0.6) is 0 Å². The molecule has 0 unspecified atom stereocenters. The minimum atomic E-state index is -0.220. The molecule has 2 aromatic carbocycles. The molecule has 2 aromatic rings. The average molecular weight is 353 g/mol. The molecule has 0 aliphatic carbocycles. The summed E-state index contributed by atoms with van der Waals surface area (Å²) in [5.41, 5.74) is 2.73. The summed E-state index contributed by atoms with van der Waals surface area (Å²) in [6, 6.07) is 14.6. The van der Waals surface area contributed by atoms with E-state index in [0.29, 0.717) is 16.8 Å². The van der Waals surface area contributed by atoms with Gasteiger partial charge in [0.1, 0.15) is 0 Å². The molecule has 0 saturated carbocycles. The lowest BCUT2D eigenvalue weighted by Crippen LogP contribution is -2.29. The van der Waals surface area contributed by atoms with Crippen LogP contribution in [0.1, 0.15) is 27.9 Å². The van der Waals surface area contributed by atoms with Crippen molar-refractivity contribution in [1.29, 1.82) is 0 Å². The van der Waals surface area contributed by atoms with Crippen LogP contribution < -0.4 is 16.0 Å². The maximum absolute atomic E-state index is 12.1. The summed E-state index contributed by atoms with van der Waals surface area (Å²) in [5, 5.41) is 8.09. The van der Waals surface area contributed by atoms with Gasteiger partial charge in [0.2, 0.25) is 11.8 Å². The van der Waals surface area contributed by atoms with Gasteiger partial charge in [-0.15, -0.1) is 0 Å². The first-order valence-corrected chi connectivity index (χ1v) is 8.43. The Morgan fingerprint density at radius 2 is 1.65 bits per heavy atom. The molecule has 136 valence electrons. The molecule has 0 aromatic heterocycles. The Balaban J connectivity index is 1.82. The van der Waals surface area contributed by atoms with Crippen molar-refractivity contribution in [3.63, 3.8) is 0 Å². The normalized spacial score (nSPS) is 10.1. The van der Waals surface area contributed by atoms with Gasteiger partial charge in [-0.05, 0) is 30.2 Å². The highest BCUT2D eigenvalue weighted by Crippen LogP contribution is 2.19. The van der Waals surface area contributed by atoms with Gasteiger partial charge < -0.3 is 16.0 Å². The summed E-state index contributed by atoms with van der Waals surface area (Å²) in [5.74, 6) is -0.546. The highest BCUT2D eigenvalue weighted by molar-refractivity contribution is 5.99. The zero-order valence-electron chi connectivity index (χ0n) is 15.0. The molecule has 26 heavy (non-hydrogen) atoms. The largest absolute Gasteiger partial charge is 0.355 e. The van der Waals surface area contributed by atoms with Crippen LogP contribution in [0.2, 0.25) is 0 Å². The molecule has 0 saturated heterocycles. The molecular formula is C20H23N3O3. The Morgan fingerprint density at radius 3 is 2.35 bits per heavy atom. The van der Waals surface area contributed by atoms with E-state index in [1.807, 2.05) is 30.3 Å². The first-order valence-electron chi connectivity index (χ1n) is 8.43. The van der Waals surface area contributed by atoms with E-state index in [-0.39, 0.29) is 37.1 Å². The van der Waals surface area contributed by atoms with E-state index in [2.05, 4.69) is 16.0 Å². The summed E-state index contributed by atoms with van der Waals surface area (Å²) in [7, 11) is 1.56. The fraction of sp³-hybridized carbons (Fsp3) is 0.250. The zero-order valence-corrected chi connectivity index (χ0v) is 15.0.